The molecule has 0 saturated heterocycles. The Labute approximate surface area is 145 Å². The van der Waals surface area contributed by atoms with Crippen LogP contribution in [0, 0.1) is 10.1 Å². The first-order valence-electron chi connectivity index (χ1n) is 6.73. The Balaban J connectivity index is 1.94. The van der Waals surface area contributed by atoms with Gasteiger partial charge < -0.3 is 14.2 Å². The lowest BCUT2D eigenvalue weighted by Crippen LogP contribution is -2.21. The second-order valence-electron chi connectivity index (χ2n) is 4.45. The summed E-state index contributed by atoms with van der Waals surface area (Å²) in [4.78, 5) is 37.4. The third kappa shape index (κ3) is 4.64. The second-order valence-corrected chi connectivity index (χ2v) is 5.46. The Morgan fingerprint density at radius 3 is 2.68 bits per heavy atom. The summed E-state index contributed by atoms with van der Waals surface area (Å²) in [5, 5.41) is 12.7. The number of amides is 1. The van der Waals surface area contributed by atoms with Crippen molar-refractivity contribution in [3.8, 4) is 11.5 Å². The molecule has 1 aromatic heterocycles. The van der Waals surface area contributed by atoms with E-state index in [4.69, 9.17) is 14.2 Å². The molecule has 2 rings (SSSR count). The van der Waals surface area contributed by atoms with Crippen molar-refractivity contribution in [3.05, 3.63) is 40.1 Å². The van der Waals surface area contributed by atoms with Crippen LogP contribution in [0.4, 0.5) is 10.1 Å². The number of ether oxygens (including phenoxy) is 3. The first kappa shape index (κ1) is 18.1. The lowest BCUT2D eigenvalue weighted by atomic mass is 10.2. The van der Waals surface area contributed by atoms with Gasteiger partial charge >= 0.3 is 11.0 Å². The molecule has 0 bridgehead atoms. The number of hydrogen-bond donors (Lipinski definition) is 1. The molecule has 25 heavy (non-hydrogen) atoms. The Morgan fingerprint density at radius 1 is 1.32 bits per heavy atom. The van der Waals surface area contributed by atoms with Crippen molar-refractivity contribution >= 4 is 33.3 Å². The number of nitro groups is 1. The molecule has 0 atom stereocenters. The molecule has 2 aromatic rings. The van der Waals surface area contributed by atoms with Gasteiger partial charge in [0.2, 0.25) is 0 Å². The fraction of sp³-hybridized carbons (Fsp3) is 0.214. The van der Waals surface area contributed by atoms with Crippen LogP contribution in [0.1, 0.15) is 10.4 Å². The van der Waals surface area contributed by atoms with Crippen molar-refractivity contribution in [3.63, 3.8) is 0 Å². The SMILES string of the molecule is COc1ccc(C(=O)OCC(=O)Nc2ncc([N+](=O)[O-])s2)c(OC)c1. The number of benzene rings is 1. The Morgan fingerprint density at radius 2 is 2.08 bits per heavy atom. The van der Waals surface area contributed by atoms with Gasteiger partial charge in [0, 0.05) is 6.07 Å². The third-order valence-electron chi connectivity index (χ3n) is 2.88. The molecular formula is C14H13N3O7S. The summed E-state index contributed by atoms with van der Waals surface area (Å²) in [7, 11) is 2.85. The first-order valence-corrected chi connectivity index (χ1v) is 7.55. The van der Waals surface area contributed by atoms with E-state index >= 15 is 0 Å². The molecule has 132 valence electrons. The average Bonchev–Trinajstić information content (AvgIpc) is 3.07. The summed E-state index contributed by atoms with van der Waals surface area (Å²) in [6, 6.07) is 4.50. The van der Waals surface area contributed by atoms with Crippen LogP contribution in [0.15, 0.2) is 24.4 Å². The summed E-state index contributed by atoms with van der Waals surface area (Å²) in [6.45, 7) is -0.582. The van der Waals surface area contributed by atoms with Crippen LogP contribution in [0.2, 0.25) is 0 Å². The van der Waals surface area contributed by atoms with E-state index in [-0.39, 0.29) is 21.4 Å². The molecule has 11 heteroatoms. The molecule has 0 fully saturated rings. The zero-order valence-electron chi connectivity index (χ0n) is 13.2. The summed E-state index contributed by atoms with van der Waals surface area (Å²) >= 11 is 0.694. The van der Waals surface area contributed by atoms with Crippen molar-refractivity contribution in [2.45, 2.75) is 0 Å². The van der Waals surface area contributed by atoms with E-state index in [9.17, 15) is 19.7 Å². The minimum absolute atomic E-state index is 0.0368. The van der Waals surface area contributed by atoms with Gasteiger partial charge in [0.25, 0.3) is 5.91 Å². The standard InChI is InChI=1S/C14H13N3O7S/c1-22-8-3-4-9(10(5-8)23-2)13(19)24-7-11(18)16-14-15-6-12(25-14)17(20)21/h3-6H,7H2,1-2H3,(H,15,16,18). The highest BCUT2D eigenvalue weighted by Crippen LogP contribution is 2.26. The Bertz CT molecular complexity index is 805. The minimum Gasteiger partial charge on any atom is -0.497 e. The molecule has 1 amide bonds. The number of methoxy groups -OCH3 is 2. The van der Waals surface area contributed by atoms with Crippen molar-refractivity contribution < 1.29 is 28.7 Å². The summed E-state index contributed by atoms with van der Waals surface area (Å²) in [5.74, 6) is -0.707. The maximum Gasteiger partial charge on any atom is 0.345 e. The fourth-order valence-electron chi connectivity index (χ4n) is 1.74. The molecule has 0 spiro atoms. The minimum atomic E-state index is -0.764. The number of hydrogen-bond acceptors (Lipinski definition) is 9. The monoisotopic (exact) mass is 367 g/mol. The predicted molar refractivity (Wildman–Crippen MR) is 87.2 cm³/mol. The highest BCUT2D eigenvalue weighted by atomic mass is 32.1. The molecule has 0 aliphatic rings. The molecule has 0 radical (unpaired) electrons. The number of anilines is 1. The van der Waals surface area contributed by atoms with Crippen molar-refractivity contribution in [2.75, 3.05) is 26.1 Å². The van der Waals surface area contributed by atoms with Gasteiger partial charge in [-0.15, -0.1) is 0 Å². The van der Waals surface area contributed by atoms with Crippen LogP contribution < -0.4 is 14.8 Å². The normalized spacial score (nSPS) is 10.0. The zero-order chi connectivity index (χ0) is 18.4. The van der Waals surface area contributed by atoms with Crippen LogP contribution in [0.5, 0.6) is 11.5 Å². The highest BCUT2D eigenvalue weighted by Gasteiger charge is 2.18. The van der Waals surface area contributed by atoms with E-state index in [0.717, 1.165) is 6.20 Å². The summed E-state index contributed by atoms with van der Waals surface area (Å²) in [6.07, 6.45) is 1.02. The molecule has 0 saturated carbocycles. The zero-order valence-corrected chi connectivity index (χ0v) is 14.0. The summed E-state index contributed by atoms with van der Waals surface area (Å²) in [5.41, 5.74) is 0.126. The Kier molecular flexibility index (Phi) is 5.84. The van der Waals surface area contributed by atoms with Crippen LogP contribution in [-0.4, -0.2) is 42.6 Å². The second kappa shape index (κ2) is 8.06. The summed E-state index contributed by atoms with van der Waals surface area (Å²) < 4.78 is 15.0. The number of thiazole rings is 1. The smallest absolute Gasteiger partial charge is 0.345 e. The quantitative estimate of drug-likeness (QED) is 0.446. The maximum atomic E-state index is 12.0. The van der Waals surface area contributed by atoms with Gasteiger partial charge in [-0.25, -0.2) is 9.78 Å². The Hall–Kier alpha value is -3.21. The highest BCUT2D eigenvalue weighted by molar-refractivity contribution is 7.18. The molecule has 1 aromatic carbocycles. The largest absolute Gasteiger partial charge is 0.497 e. The number of carbonyl (C=O) groups excluding carboxylic acids is 2. The van der Waals surface area contributed by atoms with Gasteiger partial charge in [0.15, 0.2) is 11.7 Å². The number of aromatic nitrogens is 1. The molecule has 0 unspecified atom stereocenters. The van der Waals surface area contributed by atoms with Crippen LogP contribution in [0.25, 0.3) is 0 Å². The van der Waals surface area contributed by atoms with Gasteiger partial charge in [-0.1, -0.05) is 0 Å². The van der Waals surface area contributed by atoms with Gasteiger partial charge in [0.1, 0.15) is 23.3 Å². The molecule has 0 aliphatic carbocycles. The van der Waals surface area contributed by atoms with Crippen molar-refractivity contribution in [1.82, 2.24) is 4.98 Å². The van der Waals surface area contributed by atoms with Gasteiger partial charge in [-0.05, 0) is 23.5 Å². The van der Waals surface area contributed by atoms with Crippen LogP contribution in [-0.2, 0) is 9.53 Å². The van der Waals surface area contributed by atoms with E-state index in [1.54, 1.807) is 6.07 Å². The first-order chi connectivity index (χ1) is 11.9. The molecule has 1 heterocycles. The molecule has 1 N–H and O–H groups in total. The van der Waals surface area contributed by atoms with Crippen molar-refractivity contribution in [1.29, 1.82) is 0 Å². The number of esters is 1. The number of rotatable bonds is 7. The fourth-order valence-corrected chi connectivity index (χ4v) is 2.39. The molecular weight excluding hydrogens is 354 g/mol. The average molecular weight is 367 g/mol. The van der Waals surface area contributed by atoms with Crippen molar-refractivity contribution in [2.24, 2.45) is 0 Å². The van der Waals surface area contributed by atoms with Gasteiger partial charge in [-0.2, -0.15) is 0 Å². The van der Waals surface area contributed by atoms with E-state index in [2.05, 4.69) is 10.3 Å². The lowest BCUT2D eigenvalue weighted by molar-refractivity contribution is -0.380. The topological polar surface area (TPSA) is 130 Å². The number of nitrogens with one attached hydrogen (secondary N) is 1. The third-order valence-corrected chi connectivity index (χ3v) is 3.75. The van der Waals surface area contributed by atoms with E-state index in [1.165, 1.54) is 26.4 Å². The van der Waals surface area contributed by atoms with Crippen LogP contribution in [0.3, 0.4) is 0 Å². The number of carbonyl (C=O) groups is 2. The number of nitrogens with zero attached hydrogens (tertiary/aromatic N) is 2. The van der Waals surface area contributed by atoms with Gasteiger partial charge in [-0.3, -0.25) is 20.2 Å². The van der Waals surface area contributed by atoms with E-state index in [1.807, 2.05) is 0 Å². The molecule has 10 nitrogen and oxygen atoms in total. The predicted octanol–water partition coefficient (Wildman–Crippen LogP) is 1.86. The maximum absolute atomic E-state index is 12.0. The molecule has 0 aliphatic heterocycles. The lowest BCUT2D eigenvalue weighted by Gasteiger charge is -2.10. The van der Waals surface area contributed by atoms with Crippen LogP contribution >= 0.6 is 11.3 Å². The van der Waals surface area contributed by atoms with E-state index in [0.29, 0.717) is 17.1 Å². The van der Waals surface area contributed by atoms with Gasteiger partial charge in [0.05, 0.1) is 19.1 Å². The van der Waals surface area contributed by atoms with E-state index < -0.39 is 23.4 Å².